The molecule has 0 aliphatic heterocycles. The normalized spacial score (nSPS) is 13.1. The first-order chi connectivity index (χ1) is 31.8. The molecule has 2 heterocycles. The van der Waals surface area contributed by atoms with Crippen LogP contribution in [-0.2, 0) is 5.41 Å². The summed E-state index contributed by atoms with van der Waals surface area (Å²) in [5.74, 6) is 0. The van der Waals surface area contributed by atoms with Gasteiger partial charge in [-0.15, -0.1) is 22.7 Å². The van der Waals surface area contributed by atoms with Crippen LogP contribution in [0.1, 0.15) is 22.3 Å². The van der Waals surface area contributed by atoms with Crippen molar-refractivity contribution >= 4 is 80.1 Å². The first-order valence-electron chi connectivity index (χ1n) is 22.0. The van der Waals surface area contributed by atoms with Gasteiger partial charge in [0.25, 0.3) is 0 Å². The molecule has 0 saturated carbocycles. The highest BCUT2D eigenvalue weighted by atomic mass is 32.1. The zero-order chi connectivity index (χ0) is 41.9. The second kappa shape index (κ2) is 13.7. The number of hydrogen-bond acceptors (Lipinski definition) is 3. The van der Waals surface area contributed by atoms with Crippen molar-refractivity contribution < 1.29 is 0 Å². The van der Waals surface area contributed by atoms with Gasteiger partial charge in [0, 0.05) is 68.3 Å². The highest BCUT2D eigenvalue weighted by Crippen LogP contribution is 2.63. The number of fused-ring (bicyclic) bond motifs is 16. The maximum Gasteiger partial charge on any atom is 0.0726 e. The van der Waals surface area contributed by atoms with Gasteiger partial charge in [-0.25, -0.2) is 0 Å². The third kappa shape index (κ3) is 4.88. The number of hydrogen-bond donors (Lipinski definition) is 0. The Balaban J connectivity index is 1.07. The van der Waals surface area contributed by atoms with Crippen LogP contribution in [0, 0.1) is 0 Å². The molecule has 298 valence electrons. The molecule has 0 saturated heterocycles. The highest BCUT2D eigenvalue weighted by molar-refractivity contribution is 7.26. The molecule has 3 heteroatoms. The Kier molecular flexibility index (Phi) is 7.71. The van der Waals surface area contributed by atoms with Gasteiger partial charge in [-0.1, -0.05) is 188 Å². The third-order valence-electron chi connectivity index (χ3n) is 13.9. The molecular weight excluding hydrogens is 811 g/mol. The van der Waals surface area contributed by atoms with Gasteiger partial charge in [-0.05, 0) is 80.9 Å². The van der Waals surface area contributed by atoms with E-state index in [2.05, 4.69) is 229 Å². The number of nitrogens with zero attached hydrogens (tertiary/aromatic N) is 1. The Hall–Kier alpha value is -7.56. The summed E-state index contributed by atoms with van der Waals surface area (Å²) in [5, 5.41) is 5.21. The Morgan fingerprint density at radius 2 is 0.656 bits per heavy atom. The largest absolute Gasteiger partial charge is 0.309 e. The first kappa shape index (κ1) is 36.0. The fourth-order valence-corrected chi connectivity index (χ4v) is 13.8. The lowest BCUT2D eigenvalue weighted by molar-refractivity contribution is 0.793. The van der Waals surface area contributed by atoms with E-state index in [1.54, 1.807) is 0 Å². The van der Waals surface area contributed by atoms with Crippen LogP contribution in [0.2, 0.25) is 0 Å². The van der Waals surface area contributed by atoms with Crippen LogP contribution in [0.3, 0.4) is 0 Å². The zero-order valence-corrected chi connectivity index (χ0v) is 36.3. The predicted octanol–water partition coefficient (Wildman–Crippen LogP) is 17.6. The Morgan fingerprint density at radius 1 is 0.281 bits per heavy atom. The molecule has 2 aliphatic rings. The molecule has 10 aromatic carbocycles. The summed E-state index contributed by atoms with van der Waals surface area (Å²) >= 11 is 3.78. The maximum atomic E-state index is 2.56. The monoisotopic (exact) mass is 847 g/mol. The van der Waals surface area contributed by atoms with E-state index in [1.165, 1.54) is 107 Å². The molecule has 0 N–H and O–H groups in total. The summed E-state index contributed by atoms with van der Waals surface area (Å²) in [5.41, 5.74) is 18.4. The van der Waals surface area contributed by atoms with Crippen LogP contribution in [0.5, 0.6) is 0 Å². The van der Waals surface area contributed by atoms with E-state index in [9.17, 15) is 0 Å². The second-order valence-electron chi connectivity index (χ2n) is 17.0. The lowest BCUT2D eigenvalue weighted by Crippen LogP contribution is -2.26. The van der Waals surface area contributed by atoms with Crippen molar-refractivity contribution in [2.24, 2.45) is 0 Å². The SMILES string of the molecule is c1ccc(N(c2ccc3c(c2)C2(c4ccccc4-c4ccccc42)c2ccccc2-3)c2ccccc2-c2cccc3c2sc2ccccc23)c(-c2cccc3c2sc2ccccc23)c1. The van der Waals surface area contributed by atoms with Crippen LogP contribution >= 0.6 is 22.7 Å². The average molecular weight is 848 g/mol. The second-order valence-corrected chi connectivity index (χ2v) is 19.2. The highest BCUT2D eigenvalue weighted by Gasteiger charge is 2.51. The van der Waals surface area contributed by atoms with Gasteiger partial charge in [0.1, 0.15) is 0 Å². The summed E-state index contributed by atoms with van der Waals surface area (Å²) in [4.78, 5) is 2.56. The minimum absolute atomic E-state index is 0.467. The summed E-state index contributed by atoms with van der Waals surface area (Å²) in [6.07, 6.45) is 0. The van der Waals surface area contributed by atoms with Gasteiger partial charge in [-0.2, -0.15) is 0 Å². The minimum atomic E-state index is -0.467. The minimum Gasteiger partial charge on any atom is -0.309 e. The summed E-state index contributed by atoms with van der Waals surface area (Å²) in [7, 11) is 0. The van der Waals surface area contributed by atoms with Crippen molar-refractivity contribution in [2.75, 3.05) is 4.90 Å². The molecule has 1 spiro atoms. The molecule has 2 aromatic heterocycles. The van der Waals surface area contributed by atoms with Crippen molar-refractivity contribution in [2.45, 2.75) is 5.41 Å². The fraction of sp³-hybridized carbons (Fsp3) is 0.0164. The molecular formula is C61H37NS2. The molecule has 1 nitrogen and oxygen atoms in total. The quantitative estimate of drug-likeness (QED) is 0.167. The van der Waals surface area contributed by atoms with Gasteiger partial charge < -0.3 is 4.90 Å². The van der Waals surface area contributed by atoms with Gasteiger partial charge in [0.2, 0.25) is 0 Å². The van der Waals surface area contributed by atoms with Gasteiger partial charge in [-0.3, -0.25) is 0 Å². The van der Waals surface area contributed by atoms with E-state index < -0.39 is 5.41 Å². The molecule has 64 heavy (non-hydrogen) atoms. The molecule has 2 aliphatic carbocycles. The molecule has 0 unspecified atom stereocenters. The average Bonchev–Trinajstić information content (AvgIpc) is 4.10. The maximum absolute atomic E-state index is 2.56. The van der Waals surface area contributed by atoms with E-state index in [4.69, 9.17) is 0 Å². The van der Waals surface area contributed by atoms with Crippen molar-refractivity contribution in [1.82, 2.24) is 0 Å². The molecule has 0 fully saturated rings. The zero-order valence-electron chi connectivity index (χ0n) is 34.6. The fourth-order valence-electron chi connectivity index (χ4n) is 11.3. The lowest BCUT2D eigenvalue weighted by Gasteiger charge is -2.33. The standard InChI is InChI=1S/C61H37NS2/c1-8-28-51-39(17-1)40-18-2-9-29-52(40)61(51)53-30-10-3-19-41(53)42-36-35-38(37-54(42)61)62(55-31-11-4-20-43(55)47-24-15-26-49-45-22-6-13-33-57(45)63-59(47)49)56-32-12-5-21-44(56)48-25-16-27-50-46-23-7-14-34-58(46)64-60(48)50/h1-37H. The smallest absolute Gasteiger partial charge is 0.0726 e. The molecule has 0 radical (unpaired) electrons. The number of anilines is 3. The molecule has 0 atom stereocenters. The molecule has 14 rings (SSSR count). The first-order valence-corrected chi connectivity index (χ1v) is 23.6. The lowest BCUT2D eigenvalue weighted by atomic mass is 9.70. The summed E-state index contributed by atoms with van der Waals surface area (Å²) in [6.45, 7) is 0. The van der Waals surface area contributed by atoms with E-state index in [-0.39, 0.29) is 0 Å². The van der Waals surface area contributed by atoms with Crippen LogP contribution in [-0.4, -0.2) is 0 Å². The number of benzene rings is 10. The Bertz CT molecular complexity index is 3660. The van der Waals surface area contributed by atoms with E-state index >= 15 is 0 Å². The van der Waals surface area contributed by atoms with Crippen molar-refractivity contribution in [3.8, 4) is 44.5 Å². The molecule has 12 aromatic rings. The van der Waals surface area contributed by atoms with Crippen LogP contribution in [0.4, 0.5) is 17.1 Å². The number of rotatable bonds is 5. The topological polar surface area (TPSA) is 3.24 Å². The predicted molar refractivity (Wildman–Crippen MR) is 274 cm³/mol. The number of thiophene rings is 2. The summed E-state index contributed by atoms with van der Waals surface area (Å²) in [6, 6.07) is 84.1. The van der Waals surface area contributed by atoms with E-state index in [1.807, 2.05) is 22.7 Å². The third-order valence-corrected chi connectivity index (χ3v) is 16.4. The van der Waals surface area contributed by atoms with Gasteiger partial charge >= 0.3 is 0 Å². The van der Waals surface area contributed by atoms with Crippen LogP contribution in [0.25, 0.3) is 84.9 Å². The van der Waals surface area contributed by atoms with Gasteiger partial charge in [0.05, 0.1) is 16.8 Å². The van der Waals surface area contributed by atoms with Crippen LogP contribution < -0.4 is 4.90 Å². The molecule has 0 amide bonds. The Morgan fingerprint density at radius 3 is 1.16 bits per heavy atom. The van der Waals surface area contributed by atoms with E-state index in [0.717, 1.165) is 17.1 Å². The number of para-hydroxylation sites is 2. The van der Waals surface area contributed by atoms with Gasteiger partial charge in [0.15, 0.2) is 0 Å². The van der Waals surface area contributed by atoms with Crippen LogP contribution in [0.15, 0.2) is 224 Å². The van der Waals surface area contributed by atoms with Crippen molar-refractivity contribution in [3.05, 3.63) is 247 Å². The Labute approximate surface area is 379 Å². The van der Waals surface area contributed by atoms with E-state index in [0.29, 0.717) is 0 Å². The van der Waals surface area contributed by atoms with Crippen molar-refractivity contribution in [3.63, 3.8) is 0 Å². The molecule has 0 bridgehead atoms. The summed E-state index contributed by atoms with van der Waals surface area (Å²) < 4.78 is 5.23. The van der Waals surface area contributed by atoms with Crippen molar-refractivity contribution in [1.29, 1.82) is 0 Å².